The Kier molecular flexibility index (Phi) is 4.09. The van der Waals surface area contributed by atoms with Crippen molar-refractivity contribution in [1.82, 2.24) is 0 Å². The van der Waals surface area contributed by atoms with E-state index in [1.165, 1.54) is 23.5 Å². The molecular formula is C17H14FNOS2. The number of ether oxygens (including phenoxy) is 1. The summed E-state index contributed by atoms with van der Waals surface area (Å²) in [5, 5.41) is 1.01. The highest BCUT2D eigenvalue weighted by atomic mass is 32.2. The molecule has 0 radical (unpaired) electrons. The SMILES string of the molecule is COc1ccc(-c2c([S-])sc(-c3ccc(F)cc3)[n+]2C)cc1. The van der Waals surface area contributed by atoms with Gasteiger partial charge in [0.05, 0.1) is 7.11 Å². The van der Waals surface area contributed by atoms with E-state index < -0.39 is 0 Å². The van der Waals surface area contributed by atoms with Crippen molar-refractivity contribution in [1.29, 1.82) is 0 Å². The summed E-state index contributed by atoms with van der Waals surface area (Å²) in [5.74, 6) is 0.572. The van der Waals surface area contributed by atoms with Crippen LogP contribution in [-0.2, 0) is 19.7 Å². The van der Waals surface area contributed by atoms with Gasteiger partial charge >= 0.3 is 0 Å². The highest BCUT2D eigenvalue weighted by molar-refractivity contribution is 7.63. The Morgan fingerprint density at radius 2 is 1.59 bits per heavy atom. The lowest BCUT2D eigenvalue weighted by Crippen LogP contribution is -2.30. The maximum atomic E-state index is 13.1. The van der Waals surface area contributed by atoms with Gasteiger partial charge in [-0.1, -0.05) is 0 Å². The zero-order chi connectivity index (χ0) is 15.7. The molecule has 0 aliphatic rings. The predicted octanol–water partition coefficient (Wildman–Crippen LogP) is 3.96. The van der Waals surface area contributed by atoms with Crippen LogP contribution in [0.3, 0.4) is 0 Å². The molecule has 2 aromatic carbocycles. The van der Waals surface area contributed by atoms with Gasteiger partial charge in [0.15, 0.2) is 5.01 Å². The maximum Gasteiger partial charge on any atom is 0.200 e. The Morgan fingerprint density at radius 3 is 2.18 bits per heavy atom. The van der Waals surface area contributed by atoms with Crippen molar-refractivity contribution in [2.45, 2.75) is 4.21 Å². The molecular weight excluding hydrogens is 317 g/mol. The second kappa shape index (κ2) is 6.02. The second-order valence-corrected chi connectivity index (χ2v) is 6.50. The Bertz CT molecular complexity index is 795. The van der Waals surface area contributed by atoms with Gasteiger partial charge in [0, 0.05) is 11.1 Å². The number of hydrogen-bond donors (Lipinski definition) is 0. The molecule has 0 saturated heterocycles. The van der Waals surface area contributed by atoms with Gasteiger partial charge in [-0.15, -0.1) is 0 Å². The monoisotopic (exact) mass is 331 g/mol. The summed E-state index contributed by atoms with van der Waals surface area (Å²) in [7, 11) is 3.62. The summed E-state index contributed by atoms with van der Waals surface area (Å²) in [6, 6.07) is 14.3. The topological polar surface area (TPSA) is 13.1 Å². The van der Waals surface area contributed by atoms with Crippen LogP contribution in [0.5, 0.6) is 5.75 Å². The van der Waals surface area contributed by atoms with Gasteiger partial charge < -0.3 is 17.4 Å². The van der Waals surface area contributed by atoms with E-state index in [0.29, 0.717) is 0 Å². The van der Waals surface area contributed by atoms with Gasteiger partial charge in [-0.25, -0.2) is 8.96 Å². The molecule has 22 heavy (non-hydrogen) atoms. The number of aromatic nitrogens is 1. The lowest BCUT2D eigenvalue weighted by Gasteiger charge is -2.03. The van der Waals surface area contributed by atoms with Crippen molar-refractivity contribution >= 4 is 24.0 Å². The van der Waals surface area contributed by atoms with E-state index >= 15 is 0 Å². The number of thiazole rings is 1. The molecule has 0 aliphatic heterocycles. The second-order valence-electron chi connectivity index (χ2n) is 4.84. The van der Waals surface area contributed by atoms with Gasteiger partial charge in [-0.3, -0.25) is 11.3 Å². The van der Waals surface area contributed by atoms with Gasteiger partial charge in [0.25, 0.3) is 0 Å². The number of rotatable bonds is 3. The Hall–Kier alpha value is -1.98. The average Bonchev–Trinajstić information content (AvgIpc) is 2.83. The van der Waals surface area contributed by atoms with Crippen molar-refractivity contribution in [2.24, 2.45) is 7.05 Å². The lowest BCUT2D eigenvalue weighted by molar-refractivity contribution is -0.646. The summed E-state index contributed by atoms with van der Waals surface area (Å²) in [6.07, 6.45) is 0. The summed E-state index contributed by atoms with van der Waals surface area (Å²) in [5.41, 5.74) is 2.99. The maximum absolute atomic E-state index is 13.1. The third kappa shape index (κ3) is 2.69. The minimum atomic E-state index is -0.239. The van der Waals surface area contributed by atoms with E-state index in [2.05, 4.69) is 4.57 Å². The van der Waals surface area contributed by atoms with Crippen molar-refractivity contribution < 1.29 is 13.7 Å². The van der Waals surface area contributed by atoms with Gasteiger partial charge in [0.1, 0.15) is 18.6 Å². The molecule has 0 saturated carbocycles. The summed E-state index contributed by atoms with van der Waals surface area (Å²) >= 11 is 7.05. The first-order valence-electron chi connectivity index (χ1n) is 6.70. The van der Waals surface area contributed by atoms with Crippen molar-refractivity contribution in [3.8, 4) is 27.6 Å². The van der Waals surface area contributed by atoms with Crippen LogP contribution in [0.15, 0.2) is 52.7 Å². The van der Waals surface area contributed by atoms with E-state index in [0.717, 1.165) is 31.8 Å². The first-order valence-corrected chi connectivity index (χ1v) is 7.93. The number of hydrogen-bond acceptors (Lipinski definition) is 3. The fourth-order valence-corrected chi connectivity index (χ4v) is 3.85. The highest BCUT2D eigenvalue weighted by Gasteiger charge is 2.18. The van der Waals surface area contributed by atoms with E-state index in [9.17, 15) is 4.39 Å². The Labute approximate surface area is 138 Å². The van der Waals surface area contributed by atoms with Crippen LogP contribution < -0.4 is 9.30 Å². The number of halogens is 1. The molecule has 5 heteroatoms. The van der Waals surface area contributed by atoms with Crippen LogP contribution in [0.25, 0.3) is 21.8 Å². The van der Waals surface area contributed by atoms with Gasteiger partial charge in [-0.2, -0.15) is 0 Å². The molecule has 1 aromatic heterocycles. The van der Waals surface area contributed by atoms with E-state index in [1.807, 2.05) is 31.3 Å². The van der Waals surface area contributed by atoms with Crippen LogP contribution >= 0.6 is 11.3 Å². The number of nitrogens with zero attached hydrogens (tertiary/aromatic N) is 1. The fraction of sp³-hybridized carbons (Fsp3) is 0.118. The molecule has 0 amide bonds. The first kappa shape index (κ1) is 14.9. The lowest BCUT2D eigenvalue weighted by atomic mass is 10.1. The summed E-state index contributed by atoms with van der Waals surface area (Å²) in [6.45, 7) is 0. The van der Waals surface area contributed by atoms with Crippen LogP contribution in [0.4, 0.5) is 4.39 Å². The minimum absolute atomic E-state index is 0.239. The first-order chi connectivity index (χ1) is 10.6. The van der Waals surface area contributed by atoms with E-state index in [-0.39, 0.29) is 5.82 Å². The van der Waals surface area contributed by atoms with Crippen molar-refractivity contribution in [2.75, 3.05) is 7.11 Å². The highest BCUT2D eigenvalue weighted by Crippen LogP contribution is 2.32. The Morgan fingerprint density at radius 1 is 1.00 bits per heavy atom. The minimum Gasteiger partial charge on any atom is -0.497 e. The fourth-order valence-electron chi connectivity index (χ4n) is 2.35. The predicted molar refractivity (Wildman–Crippen MR) is 88.5 cm³/mol. The van der Waals surface area contributed by atoms with E-state index in [1.54, 1.807) is 19.2 Å². The number of benzene rings is 2. The molecule has 3 aromatic rings. The summed E-state index contributed by atoms with van der Waals surface area (Å²) in [4.78, 5) is 0. The Balaban J connectivity index is 2.07. The van der Waals surface area contributed by atoms with Crippen molar-refractivity contribution in [3.63, 3.8) is 0 Å². The molecule has 112 valence electrons. The quantitative estimate of drug-likeness (QED) is 0.532. The summed E-state index contributed by atoms with van der Waals surface area (Å²) < 4.78 is 21.1. The van der Waals surface area contributed by atoms with Crippen LogP contribution in [0.1, 0.15) is 0 Å². The van der Waals surface area contributed by atoms with Gasteiger partial charge in [-0.05, 0) is 52.7 Å². The molecule has 2 nitrogen and oxygen atoms in total. The standard InChI is InChI=1S/C17H14FNOS2/c1-19-15(11-5-9-14(20-2)10-6-11)17(21)22-16(19)12-3-7-13(18)8-4-12/h3-10H,1-2H3. The molecule has 3 rings (SSSR count). The molecule has 0 bridgehead atoms. The van der Waals surface area contributed by atoms with Crippen LogP contribution in [0, 0.1) is 5.82 Å². The average molecular weight is 331 g/mol. The normalized spacial score (nSPS) is 10.7. The molecule has 0 N–H and O–H groups in total. The third-order valence-corrected chi connectivity index (χ3v) is 5.00. The van der Waals surface area contributed by atoms with E-state index in [4.69, 9.17) is 17.4 Å². The zero-order valence-electron chi connectivity index (χ0n) is 12.2. The molecule has 1 heterocycles. The molecule has 0 aliphatic carbocycles. The largest absolute Gasteiger partial charge is 0.497 e. The third-order valence-electron chi connectivity index (χ3n) is 3.48. The van der Waals surface area contributed by atoms with Crippen molar-refractivity contribution in [3.05, 3.63) is 54.3 Å². The number of methoxy groups -OCH3 is 1. The van der Waals surface area contributed by atoms with Crippen LogP contribution in [0.2, 0.25) is 0 Å². The van der Waals surface area contributed by atoms with Crippen LogP contribution in [-0.4, -0.2) is 7.11 Å². The molecule has 0 atom stereocenters. The molecule has 0 spiro atoms. The smallest absolute Gasteiger partial charge is 0.200 e. The molecule has 0 fully saturated rings. The zero-order valence-corrected chi connectivity index (χ0v) is 13.8. The van der Waals surface area contributed by atoms with Gasteiger partial charge in [0.2, 0.25) is 5.69 Å². The molecule has 0 unspecified atom stereocenters.